The van der Waals surface area contributed by atoms with Crippen LogP contribution in [0.4, 0.5) is 0 Å². The third-order valence-corrected chi connectivity index (χ3v) is 4.02. The molecular formula is C14H19NO2S. The summed E-state index contributed by atoms with van der Waals surface area (Å²) >= 11 is 1.77. The molecule has 2 rings (SSSR count). The molecule has 0 atom stereocenters. The first-order valence-electron chi connectivity index (χ1n) is 6.39. The number of nitrogens with one attached hydrogen (secondary N) is 1. The first kappa shape index (κ1) is 13.4. The molecule has 98 valence electrons. The molecule has 1 fully saturated rings. The minimum Gasteiger partial charge on any atom is -0.381 e. The summed E-state index contributed by atoms with van der Waals surface area (Å²) in [5.74, 6) is 1.26. The van der Waals surface area contributed by atoms with Crippen LogP contribution in [0, 0.1) is 5.92 Å². The highest BCUT2D eigenvalue weighted by molar-refractivity contribution is 7.99. The summed E-state index contributed by atoms with van der Waals surface area (Å²) in [6, 6.07) is 10.2. The van der Waals surface area contributed by atoms with Crippen LogP contribution in [0.25, 0.3) is 0 Å². The third kappa shape index (κ3) is 4.35. The van der Waals surface area contributed by atoms with Crippen molar-refractivity contribution in [2.24, 2.45) is 5.92 Å². The van der Waals surface area contributed by atoms with E-state index in [1.807, 2.05) is 18.2 Å². The summed E-state index contributed by atoms with van der Waals surface area (Å²) in [4.78, 5) is 13.1. The van der Waals surface area contributed by atoms with E-state index in [2.05, 4.69) is 17.4 Å². The van der Waals surface area contributed by atoms with Gasteiger partial charge in [-0.1, -0.05) is 18.2 Å². The Hall–Kier alpha value is -1.00. The summed E-state index contributed by atoms with van der Waals surface area (Å²) in [5.41, 5.74) is 0. The minimum absolute atomic E-state index is 0.153. The fraction of sp³-hybridized carbons (Fsp3) is 0.500. The Bertz CT molecular complexity index is 363. The van der Waals surface area contributed by atoms with E-state index in [0.717, 1.165) is 38.4 Å². The number of carbonyl (C=O) groups excluding carboxylic acids is 1. The maximum Gasteiger partial charge on any atom is 0.223 e. The summed E-state index contributed by atoms with van der Waals surface area (Å²) < 4.78 is 5.25. The van der Waals surface area contributed by atoms with Crippen molar-refractivity contribution in [3.63, 3.8) is 0 Å². The van der Waals surface area contributed by atoms with Crippen LogP contribution in [-0.2, 0) is 9.53 Å². The number of carbonyl (C=O) groups is 1. The van der Waals surface area contributed by atoms with Gasteiger partial charge in [-0.15, -0.1) is 11.8 Å². The van der Waals surface area contributed by atoms with E-state index < -0.39 is 0 Å². The molecule has 0 unspecified atom stereocenters. The van der Waals surface area contributed by atoms with Crippen LogP contribution >= 0.6 is 11.8 Å². The molecule has 0 spiro atoms. The van der Waals surface area contributed by atoms with Gasteiger partial charge in [-0.25, -0.2) is 0 Å². The van der Waals surface area contributed by atoms with Gasteiger partial charge in [0.25, 0.3) is 0 Å². The molecular weight excluding hydrogens is 246 g/mol. The molecule has 1 aliphatic heterocycles. The van der Waals surface area contributed by atoms with Crippen molar-refractivity contribution in [2.75, 3.05) is 25.5 Å². The number of rotatable bonds is 5. The van der Waals surface area contributed by atoms with Crippen molar-refractivity contribution in [1.29, 1.82) is 0 Å². The number of benzene rings is 1. The Morgan fingerprint density at radius 2 is 2.00 bits per heavy atom. The minimum atomic E-state index is 0.153. The zero-order valence-electron chi connectivity index (χ0n) is 10.4. The van der Waals surface area contributed by atoms with E-state index in [-0.39, 0.29) is 11.8 Å². The van der Waals surface area contributed by atoms with Crippen molar-refractivity contribution in [2.45, 2.75) is 17.7 Å². The lowest BCUT2D eigenvalue weighted by molar-refractivity contribution is -0.127. The summed E-state index contributed by atoms with van der Waals surface area (Å²) in [5, 5.41) is 3.01. The Balaban J connectivity index is 1.61. The smallest absolute Gasteiger partial charge is 0.223 e. The molecule has 0 radical (unpaired) electrons. The molecule has 1 N–H and O–H groups in total. The highest BCUT2D eigenvalue weighted by Crippen LogP contribution is 2.17. The Kier molecular flexibility index (Phi) is 5.55. The lowest BCUT2D eigenvalue weighted by atomic mass is 10.00. The van der Waals surface area contributed by atoms with Crippen LogP contribution in [0.2, 0.25) is 0 Å². The van der Waals surface area contributed by atoms with Crippen LogP contribution in [0.1, 0.15) is 12.8 Å². The van der Waals surface area contributed by atoms with E-state index in [9.17, 15) is 4.79 Å². The second-order valence-electron chi connectivity index (χ2n) is 4.34. The maximum atomic E-state index is 11.8. The molecule has 0 saturated carbocycles. The van der Waals surface area contributed by atoms with E-state index in [1.165, 1.54) is 4.90 Å². The Morgan fingerprint density at radius 3 is 2.72 bits per heavy atom. The van der Waals surface area contributed by atoms with Crippen LogP contribution < -0.4 is 5.32 Å². The highest BCUT2D eigenvalue weighted by atomic mass is 32.2. The SMILES string of the molecule is O=C(NCCSc1ccccc1)C1CCOCC1. The highest BCUT2D eigenvalue weighted by Gasteiger charge is 2.20. The van der Waals surface area contributed by atoms with Gasteiger partial charge in [0.2, 0.25) is 5.91 Å². The zero-order valence-corrected chi connectivity index (χ0v) is 11.2. The number of ether oxygens (including phenoxy) is 1. The largest absolute Gasteiger partial charge is 0.381 e. The van der Waals surface area contributed by atoms with E-state index >= 15 is 0 Å². The fourth-order valence-electron chi connectivity index (χ4n) is 1.96. The molecule has 4 heteroatoms. The van der Waals surface area contributed by atoms with Crippen molar-refractivity contribution >= 4 is 17.7 Å². The molecule has 0 aliphatic carbocycles. The molecule has 1 aromatic carbocycles. The maximum absolute atomic E-state index is 11.8. The molecule has 0 bridgehead atoms. The molecule has 18 heavy (non-hydrogen) atoms. The molecule has 1 heterocycles. The van der Waals surface area contributed by atoms with Crippen molar-refractivity contribution in [3.05, 3.63) is 30.3 Å². The van der Waals surface area contributed by atoms with Gasteiger partial charge in [0.15, 0.2) is 0 Å². The first-order chi connectivity index (χ1) is 8.86. The van der Waals surface area contributed by atoms with Crippen LogP contribution in [0.15, 0.2) is 35.2 Å². The zero-order chi connectivity index (χ0) is 12.6. The van der Waals surface area contributed by atoms with Gasteiger partial charge in [0.05, 0.1) is 0 Å². The van der Waals surface area contributed by atoms with Crippen molar-refractivity contribution in [3.8, 4) is 0 Å². The molecule has 0 aromatic heterocycles. The third-order valence-electron chi connectivity index (χ3n) is 3.01. The van der Waals surface area contributed by atoms with Crippen molar-refractivity contribution < 1.29 is 9.53 Å². The monoisotopic (exact) mass is 265 g/mol. The number of hydrogen-bond acceptors (Lipinski definition) is 3. The molecule has 3 nitrogen and oxygen atoms in total. The molecule has 1 aliphatic rings. The summed E-state index contributed by atoms with van der Waals surface area (Å²) in [6.45, 7) is 2.17. The summed E-state index contributed by atoms with van der Waals surface area (Å²) in [6.07, 6.45) is 1.72. The average molecular weight is 265 g/mol. The molecule has 1 saturated heterocycles. The first-order valence-corrected chi connectivity index (χ1v) is 7.38. The Labute approximate surface area is 112 Å². The molecule has 1 aromatic rings. The lowest BCUT2D eigenvalue weighted by Gasteiger charge is -2.21. The standard InChI is InChI=1S/C14H19NO2S/c16-14(12-6-9-17-10-7-12)15-8-11-18-13-4-2-1-3-5-13/h1-5,12H,6-11H2,(H,15,16). The predicted octanol–water partition coefficient (Wildman–Crippen LogP) is 2.32. The Morgan fingerprint density at radius 1 is 1.28 bits per heavy atom. The van der Waals surface area contributed by atoms with Crippen LogP contribution in [0.3, 0.4) is 0 Å². The number of thioether (sulfide) groups is 1. The second kappa shape index (κ2) is 7.44. The van der Waals surface area contributed by atoms with Gasteiger partial charge >= 0.3 is 0 Å². The quantitative estimate of drug-likeness (QED) is 0.656. The normalized spacial score (nSPS) is 16.4. The van der Waals surface area contributed by atoms with E-state index in [1.54, 1.807) is 11.8 Å². The van der Waals surface area contributed by atoms with Crippen LogP contribution in [-0.4, -0.2) is 31.4 Å². The van der Waals surface area contributed by atoms with Gasteiger partial charge in [-0.05, 0) is 25.0 Å². The van der Waals surface area contributed by atoms with E-state index in [4.69, 9.17) is 4.74 Å². The second-order valence-corrected chi connectivity index (χ2v) is 5.51. The topological polar surface area (TPSA) is 38.3 Å². The fourth-order valence-corrected chi connectivity index (χ4v) is 2.75. The van der Waals surface area contributed by atoms with Gasteiger partial charge in [0.1, 0.15) is 0 Å². The number of hydrogen-bond donors (Lipinski definition) is 1. The van der Waals surface area contributed by atoms with Gasteiger partial charge in [0, 0.05) is 36.3 Å². The number of amides is 1. The predicted molar refractivity (Wildman–Crippen MR) is 73.7 cm³/mol. The van der Waals surface area contributed by atoms with Gasteiger partial charge in [-0.2, -0.15) is 0 Å². The van der Waals surface area contributed by atoms with Crippen molar-refractivity contribution in [1.82, 2.24) is 5.32 Å². The van der Waals surface area contributed by atoms with Gasteiger partial charge in [-0.3, -0.25) is 4.79 Å². The molecule has 1 amide bonds. The average Bonchev–Trinajstić information content (AvgIpc) is 2.45. The van der Waals surface area contributed by atoms with E-state index in [0.29, 0.717) is 0 Å². The van der Waals surface area contributed by atoms with Crippen LogP contribution in [0.5, 0.6) is 0 Å². The summed E-state index contributed by atoms with van der Waals surface area (Å²) in [7, 11) is 0. The lowest BCUT2D eigenvalue weighted by Crippen LogP contribution is -2.35. The van der Waals surface area contributed by atoms with Gasteiger partial charge < -0.3 is 10.1 Å².